The summed E-state index contributed by atoms with van der Waals surface area (Å²) in [6.07, 6.45) is -1.04. The average molecular weight is 580 g/mol. The summed E-state index contributed by atoms with van der Waals surface area (Å²) in [7, 11) is -2.37. The molecule has 3 aromatic rings. The van der Waals surface area contributed by atoms with Crippen LogP contribution in [0.2, 0.25) is 0 Å². The molecule has 0 radical (unpaired) electrons. The van der Waals surface area contributed by atoms with E-state index in [1.165, 1.54) is 31.4 Å². The lowest BCUT2D eigenvalue weighted by atomic mass is 10.1. The molecule has 1 amide bonds. The number of sulfonamides is 1. The van der Waals surface area contributed by atoms with Gasteiger partial charge in [0.25, 0.3) is 5.91 Å². The highest BCUT2D eigenvalue weighted by Gasteiger charge is 2.35. The van der Waals surface area contributed by atoms with E-state index in [4.69, 9.17) is 0 Å². The molecule has 0 spiro atoms. The molecule has 1 aliphatic heterocycles. The first-order chi connectivity index (χ1) is 18.8. The number of aromatic nitrogens is 3. The van der Waals surface area contributed by atoms with Gasteiger partial charge in [-0.3, -0.25) is 9.10 Å². The standard InChI is InChI=1S/C25H28F3N7O4S/c1-34(40(2,38)39)22-17(7-4-10-29-22)13-30-21-20(25(26,27)28)14-31-24(33-21)32-18-8-3-6-16(12-18)23(37)35-11-5-9-19(36)15-35/h3-4,6-8,10,12,14,19,36H,5,9,11,13,15H2,1-2H3,(H2,30,31,32,33)/t19-/m0/s1. The molecule has 0 aliphatic carbocycles. The van der Waals surface area contributed by atoms with Crippen molar-refractivity contribution in [2.75, 3.05) is 41.3 Å². The van der Waals surface area contributed by atoms with Gasteiger partial charge in [-0.25, -0.2) is 18.4 Å². The smallest absolute Gasteiger partial charge is 0.391 e. The monoisotopic (exact) mass is 579 g/mol. The number of benzene rings is 1. The number of hydrogen-bond donors (Lipinski definition) is 3. The zero-order valence-corrected chi connectivity index (χ0v) is 22.5. The van der Waals surface area contributed by atoms with Crippen molar-refractivity contribution < 1.29 is 31.5 Å². The molecular weight excluding hydrogens is 551 g/mol. The third kappa shape index (κ3) is 6.96. The summed E-state index contributed by atoms with van der Waals surface area (Å²) in [6.45, 7) is 0.531. The predicted octanol–water partition coefficient (Wildman–Crippen LogP) is 3.24. The van der Waals surface area contributed by atoms with Crippen LogP contribution in [-0.2, 0) is 22.7 Å². The summed E-state index contributed by atoms with van der Waals surface area (Å²) in [4.78, 5) is 26.3. The lowest BCUT2D eigenvalue weighted by molar-refractivity contribution is -0.137. The van der Waals surface area contributed by atoms with Crippen LogP contribution < -0.4 is 14.9 Å². The molecule has 11 nitrogen and oxygen atoms in total. The van der Waals surface area contributed by atoms with Crippen molar-refractivity contribution in [1.82, 2.24) is 19.9 Å². The molecule has 0 bridgehead atoms. The molecule has 1 aromatic carbocycles. The number of rotatable bonds is 8. The molecule has 4 rings (SSSR count). The van der Waals surface area contributed by atoms with E-state index in [1.54, 1.807) is 23.1 Å². The van der Waals surface area contributed by atoms with Gasteiger partial charge in [0.2, 0.25) is 16.0 Å². The molecule has 1 fully saturated rings. The Morgan fingerprint density at radius 1 is 1.23 bits per heavy atom. The minimum absolute atomic E-state index is 0.0566. The fraction of sp³-hybridized carbons (Fsp3) is 0.360. The minimum Gasteiger partial charge on any atom is -0.391 e. The Bertz CT molecular complexity index is 1490. The van der Waals surface area contributed by atoms with Gasteiger partial charge in [-0.15, -0.1) is 0 Å². The second kappa shape index (κ2) is 11.6. The van der Waals surface area contributed by atoms with E-state index < -0.39 is 33.7 Å². The van der Waals surface area contributed by atoms with Crippen molar-refractivity contribution in [1.29, 1.82) is 0 Å². The van der Waals surface area contributed by atoms with Gasteiger partial charge in [-0.05, 0) is 37.1 Å². The molecule has 3 heterocycles. The maximum atomic E-state index is 13.7. The lowest BCUT2D eigenvalue weighted by Crippen LogP contribution is -2.42. The molecule has 15 heteroatoms. The van der Waals surface area contributed by atoms with E-state index in [0.717, 1.165) is 10.6 Å². The number of aliphatic hydroxyl groups is 1. The van der Waals surface area contributed by atoms with Gasteiger partial charge < -0.3 is 20.6 Å². The lowest BCUT2D eigenvalue weighted by Gasteiger charge is -2.30. The summed E-state index contributed by atoms with van der Waals surface area (Å²) in [5.74, 6) is -0.907. The maximum Gasteiger partial charge on any atom is 0.421 e. The third-order valence-corrected chi connectivity index (χ3v) is 7.42. The van der Waals surface area contributed by atoms with Gasteiger partial charge in [0.15, 0.2) is 0 Å². The number of piperidine rings is 1. The molecule has 40 heavy (non-hydrogen) atoms. The van der Waals surface area contributed by atoms with Crippen molar-refractivity contribution >= 4 is 39.2 Å². The maximum absolute atomic E-state index is 13.7. The number of aliphatic hydroxyl groups excluding tert-OH is 1. The number of nitrogens with zero attached hydrogens (tertiary/aromatic N) is 5. The molecule has 0 unspecified atom stereocenters. The Balaban J connectivity index is 1.57. The predicted molar refractivity (Wildman–Crippen MR) is 143 cm³/mol. The van der Waals surface area contributed by atoms with Crippen molar-refractivity contribution in [2.45, 2.75) is 31.7 Å². The first-order valence-electron chi connectivity index (χ1n) is 12.2. The van der Waals surface area contributed by atoms with Crippen molar-refractivity contribution in [3.8, 4) is 0 Å². The fourth-order valence-electron chi connectivity index (χ4n) is 4.15. The third-order valence-electron chi connectivity index (χ3n) is 6.25. The fourth-order valence-corrected chi connectivity index (χ4v) is 4.63. The van der Waals surface area contributed by atoms with Crippen LogP contribution in [0.25, 0.3) is 0 Å². The van der Waals surface area contributed by atoms with Gasteiger partial charge >= 0.3 is 6.18 Å². The van der Waals surface area contributed by atoms with Crippen LogP contribution in [0.4, 0.5) is 36.4 Å². The molecule has 1 atom stereocenters. The highest BCUT2D eigenvalue weighted by molar-refractivity contribution is 7.92. The van der Waals surface area contributed by atoms with Gasteiger partial charge in [0.1, 0.15) is 17.2 Å². The SMILES string of the molecule is CN(c1ncccc1CNc1nc(Nc2cccc(C(=O)N3CCC[C@H](O)C3)c2)ncc1C(F)(F)F)S(C)(=O)=O. The van der Waals surface area contributed by atoms with E-state index >= 15 is 0 Å². The van der Waals surface area contributed by atoms with E-state index in [0.29, 0.717) is 42.4 Å². The minimum atomic E-state index is -4.77. The summed E-state index contributed by atoms with van der Waals surface area (Å²) >= 11 is 0. The molecule has 1 aliphatic rings. The molecule has 0 saturated carbocycles. The zero-order chi connectivity index (χ0) is 29.1. The number of anilines is 4. The normalized spacial score (nSPS) is 15.9. The molecule has 2 aromatic heterocycles. The highest BCUT2D eigenvalue weighted by Crippen LogP contribution is 2.34. The molecule has 1 saturated heterocycles. The second-order valence-corrected chi connectivity index (χ2v) is 11.3. The van der Waals surface area contributed by atoms with Crippen LogP contribution in [0.15, 0.2) is 48.8 Å². The van der Waals surface area contributed by atoms with Crippen molar-refractivity contribution in [3.05, 3.63) is 65.5 Å². The summed E-state index contributed by atoms with van der Waals surface area (Å²) in [5.41, 5.74) is -0.0832. The van der Waals surface area contributed by atoms with Crippen LogP contribution in [0.5, 0.6) is 0 Å². The molecule has 3 N–H and O–H groups in total. The number of amides is 1. The first kappa shape index (κ1) is 29.0. The van der Waals surface area contributed by atoms with Gasteiger partial charge in [0.05, 0.1) is 12.4 Å². The van der Waals surface area contributed by atoms with E-state index in [2.05, 4.69) is 25.6 Å². The zero-order valence-electron chi connectivity index (χ0n) is 21.7. The summed E-state index contributed by atoms with van der Waals surface area (Å²) in [5, 5.41) is 15.3. The largest absolute Gasteiger partial charge is 0.421 e. The van der Waals surface area contributed by atoms with Gasteiger partial charge in [0, 0.05) is 55.9 Å². The number of likely N-dealkylation sites (tertiary alicyclic amines) is 1. The number of hydrogen-bond acceptors (Lipinski definition) is 9. The number of carbonyl (C=O) groups is 1. The Kier molecular flexibility index (Phi) is 8.44. The Hall–Kier alpha value is -3.98. The van der Waals surface area contributed by atoms with Crippen LogP contribution in [0, 0.1) is 0 Å². The van der Waals surface area contributed by atoms with Crippen LogP contribution in [-0.4, -0.2) is 71.8 Å². The van der Waals surface area contributed by atoms with Crippen LogP contribution in [0.1, 0.15) is 34.3 Å². The van der Waals surface area contributed by atoms with Crippen molar-refractivity contribution in [3.63, 3.8) is 0 Å². The summed E-state index contributed by atoms with van der Waals surface area (Å²) < 4.78 is 66.1. The first-order valence-corrected chi connectivity index (χ1v) is 14.1. The average Bonchev–Trinajstić information content (AvgIpc) is 2.90. The number of halogens is 3. The quantitative estimate of drug-likeness (QED) is 0.367. The van der Waals surface area contributed by atoms with E-state index in [1.807, 2.05) is 0 Å². The van der Waals surface area contributed by atoms with E-state index in [-0.39, 0.29) is 30.8 Å². The Morgan fingerprint density at radius 3 is 2.70 bits per heavy atom. The van der Waals surface area contributed by atoms with Crippen LogP contribution in [0.3, 0.4) is 0 Å². The van der Waals surface area contributed by atoms with Gasteiger partial charge in [-0.1, -0.05) is 12.1 Å². The Labute approximate surface area is 229 Å². The number of β-amino-alcohol motifs (C(OH)–C–C–N with tert-alkyl or cyclic N) is 1. The van der Waals surface area contributed by atoms with E-state index in [9.17, 15) is 31.5 Å². The number of carbonyl (C=O) groups excluding carboxylic acids is 1. The molecule has 214 valence electrons. The van der Waals surface area contributed by atoms with Gasteiger partial charge in [-0.2, -0.15) is 18.2 Å². The second-order valence-electron chi connectivity index (χ2n) is 9.28. The number of nitrogens with one attached hydrogen (secondary N) is 2. The Morgan fingerprint density at radius 2 is 2.00 bits per heavy atom. The number of alkyl halides is 3. The molecular formula is C25H28F3N7O4S. The highest BCUT2D eigenvalue weighted by atomic mass is 32.2. The number of pyridine rings is 1. The van der Waals surface area contributed by atoms with Crippen LogP contribution >= 0.6 is 0 Å². The topological polar surface area (TPSA) is 141 Å². The summed E-state index contributed by atoms with van der Waals surface area (Å²) in [6, 6.07) is 9.43. The van der Waals surface area contributed by atoms with Crippen molar-refractivity contribution in [2.24, 2.45) is 0 Å².